The van der Waals surface area contributed by atoms with Gasteiger partial charge in [-0.3, -0.25) is 4.79 Å². The first-order valence-corrected chi connectivity index (χ1v) is 8.24. The molecule has 1 heterocycles. The zero-order chi connectivity index (χ0) is 19.6. The fraction of sp³-hybridized carbons (Fsp3) is 0.190. The van der Waals surface area contributed by atoms with Gasteiger partial charge in [-0.15, -0.1) is 0 Å². The van der Waals surface area contributed by atoms with Gasteiger partial charge in [0.25, 0.3) is 5.56 Å². The van der Waals surface area contributed by atoms with Crippen molar-refractivity contribution >= 4 is 16.8 Å². The van der Waals surface area contributed by atoms with E-state index in [9.17, 15) is 4.79 Å². The van der Waals surface area contributed by atoms with E-state index in [2.05, 4.69) is 11.6 Å². The summed E-state index contributed by atoms with van der Waals surface area (Å²) >= 11 is 0. The Balaban J connectivity index is 2.30. The summed E-state index contributed by atoms with van der Waals surface area (Å²) in [6.07, 6.45) is 1.70. The molecule has 0 saturated heterocycles. The summed E-state index contributed by atoms with van der Waals surface area (Å²) in [4.78, 5) is 15.7. The molecule has 140 valence electrons. The minimum Gasteiger partial charge on any atom is -0.493 e. The van der Waals surface area contributed by atoms with E-state index in [0.717, 1.165) is 16.5 Å². The molecule has 0 bridgehead atoms. The summed E-state index contributed by atoms with van der Waals surface area (Å²) in [5.74, 6) is 2.05. The number of benzene rings is 2. The molecule has 3 aromatic rings. The lowest BCUT2D eigenvalue weighted by atomic mass is 10.0. The molecule has 0 aliphatic heterocycles. The topological polar surface area (TPSA) is 69.8 Å². The Morgan fingerprint density at radius 3 is 2.15 bits per heavy atom. The largest absolute Gasteiger partial charge is 0.493 e. The van der Waals surface area contributed by atoms with Gasteiger partial charge in [-0.25, -0.2) is 0 Å². The minimum absolute atomic E-state index is 0.275. The third-order valence-corrected chi connectivity index (χ3v) is 4.42. The van der Waals surface area contributed by atoms with E-state index in [1.807, 2.05) is 24.3 Å². The highest BCUT2D eigenvalue weighted by Gasteiger charge is 2.16. The molecule has 6 heteroatoms. The van der Waals surface area contributed by atoms with Crippen LogP contribution in [0.15, 0.2) is 41.7 Å². The maximum atomic E-state index is 12.8. The number of aromatic nitrogens is 1. The molecule has 0 aliphatic carbocycles. The van der Waals surface area contributed by atoms with Gasteiger partial charge in [-0.05, 0) is 35.2 Å². The molecule has 1 aromatic heterocycles. The van der Waals surface area contributed by atoms with Crippen LogP contribution >= 0.6 is 0 Å². The van der Waals surface area contributed by atoms with Gasteiger partial charge in [-0.2, -0.15) is 0 Å². The molecule has 3 rings (SSSR count). The van der Waals surface area contributed by atoms with Gasteiger partial charge in [-0.1, -0.05) is 18.7 Å². The van der Waals surface area contributed by atoms with E-state index < -0.39 is 0 Å². The Hall–Kier alpha value is -3.41. The number of pyridine rings is 1. The molecule has 0 unspecified atom stereocenters. The van der Waals surface area contributed by atoms with E-state index in [-0.39, 0.29) is 5.56 Å². The van der Waals surface area contributed by atoms with E-state index in [0.29, 0.717) is 34.1 Å². The quantitative estimate of drug-likeness (QED) is 0.716. The van der Waals surface area contributed by atoms with Crippen LogP contribution in [0.1, 0.15) is 5.56 Å². The number of nitrogens with one attached hydrogen (secondary N) is 1. The molecule has 0 amide bonds. The van der Waals surface area contributed by atoms with E-state index in [1.165, 1.54) is 14.2 Å². The zero-order valence-corrected chi connectivity index (χ0v) is 15.7. The summed E-state index contributed by atoms with van der Waals surface area (Å²) in [5, 5.41) is 1.16. The van der Waals surface area contributed by atoms with Gasteiger partial charge in [0.2, 0.25) is 0 Å². The van der Waals surface area contributed by atoms with Crippen molar-refractivity contribution in [2.45, 2.75) is 0 Å². The molecule has 6 nitrogen and oxygen atoms in total. The predicted octanol–water partition coefficient (Wildman–Crippen LogP) is 3.87. The number of rotatable bonds is 6. The van der Waals surface area contributed by atoms with Gasteiger partial charge in [0, 0.05) is 11.3 Å². The Kier molecular flexibility index (Phi) is 5.07. The number of H-pyrrole nitrogens is 1. The first-order valence-electron chi connectivity index (χ1n) is 8.24. The highest BCUT2D eigenvalue weighted by molar-refractivity contribution is 5.93. The number of hydrogen-bond acceptors (Lipinski definition) is 5. The average molecular weight is 367 g/mol. The molecule has 1 N–H and O–H groups in total. The first-order chi connectivity index (χ1) is 13.1. The second kappa shape index (κ2) is 7.45. The van der Waals surface area contributed by atoms with E-state index >= 15 is 0 Å². The van der Waals surface area contributed by atoms with Crippen molar-refractivity contribution in [3.8, 4) is 34.3 Å². The van der Waals surface area contributed by atoms with Crippen LogP contribution in [0.4, 0.5) is 0 Å². The van der Waals surface area contributed by atoms with Crippen molar-refractivity contribution in [3.63, 3.8) is 0 Å². The van der Waals surface area contributed by atoms with Crippen LogP contribution in [0.3, 0.4) is 0 Å². The Morgan fingerprint density at radius 1 is 0.889 bits per heavy atom. The summed E-state index contributed by atoms with van der Waals surface area (Å²) in [6, 6.07) is 9.11. The lowest BCUT2D eigenvalue weighted by Crippen LogP contribution is -2.09. The maximum Gasteiger partial charge on any atom is 0.260 e. The maximum absolute atomic E-state index is 12.8. The van der Waals surface area contributed by atoms with Gasteiger partial charge in [0.1, 0.15) is 0 Å². The first kappa shape index (κ1) is 18.4. The molecule has 0 spiro atoms. The minimum atomic E-state index is -0.275. The third kappa shape index (κ3) is 3.10. The van der Waals surface area contributed by atoms with Crippen molar-refractivity contribution in [1.82, 2.24) is 4.98 Å². The number of ether oxygens (including phenoxy) is 4. The summed E-state index contributed by atoms with van der Waals surface area (Å²) in [5.41, 5.74) is 1.94. The van der Waals surface area contributed by atoms with Crippen molar-refractivity contribution in [3.05, 3.63) is 52.8 Å². The van der Waals surface area contributed by atoms with E-state index in [1.54, 1.807) is 26.4 Å². The highest BCUT2D eigenvalue weighted by Crippen LogP contribution is 2.38. The normalized spacial score (nSPS) is 10.5. The highest BCUT2D eigenvalue weighted by atomic mass is 16.5. The molecule has 0 radical (unpaired) electrons. The fourth-order valence-electron chi connectivity index (χ4n) is 3.11. The van der Waals surface area contributed by atoms with Gasteiger partial charge in [0.05, 0.1) is 33.8 Å². The number of hydrogen-bond donors (Lipinski definition) is 1. The van der Waals surface area contributed by atoms with Crippen LogP contribution in [0, 0.1) is 0 Å². The fourth-order valence-corrected chi connectivity index (χ4v) is 3.11. The van der Waals surface area contributed by atoms with Crippen molar-refractivity contribution in [1.29, 1.82) is 0 Å². The van der Waals surface area contributed by atoms with E-state index in [4.69, 9.17) is 18.9 Å². The SMILES string of the molecule is C=Cc1cc(OC)c(OC)cc1-c1cc2ccc(OC)c(OC)c2c(=O)[nH]1. The van der Waals surface area contributed by atoms with Crippen LogP contribution < -0.4 is 24.5 Å². The third-order valence-electron chi connectivity index (χ3n) is 4.42. The van der Waals surface area contributed by atoms with Crippen molar-refractivity contribution in [2.75, 3.05) is 28.4 Å². The lowest BCUT2D eigenvalue weighted by molar-refractivity contribution is 0.355. The van der Waals surface area contributed by atoms with Crippen LogP contribution in [0.5, 0.6) is 23.0 Å². The Bertz CT molecular complexity index is 1070. The van der Waals surface area contributed by atoms with Crippen LogP contribution in [0.25, 0.3) is 28.1 Å². The Morgan fingerprint density at radius 2 is 1.56 bits per heavy atom. The molecule has 2 aromatic carbocycles. The van der Waals surface area contributed by atoms with Gasteiger partial charge in [0.15, 0.2) is 23.0 Å². The molecule has 0 saturated carbocycles. The summed E-state index contributed by atoms with van der Waals surface area (Å²) in [7, 11) is 6.18. The zero-order valence-electron chi connectivity index (χ0n) is 15.7. The molecule has 0 atom stereocenters. The van der Waals surface area contributed by atoms with Gasteiger partial charge >= 0.3 is 0 Å². The number of methoxy groups -OCH3 is 4. The predicted molar refractivity (Wildman–Crippen MR) is 106 cm³/mol. The second-order valence-corrected chi connectivity index (χ2v) is 5.78. The smallest absolute Gasteiger partial charge is 0.260 e. The van der Waals surface area contributed by atoms with Crippen molar-refractivity contribution in [2.24, 2.45) is 0 Å². The number of fused-ring (bicyclic) bond motifs is 1. The van der Waals surface area contributed by atoms with Gasteiger partial charge < -0.3 is 23.9 Å². The summed E-state index contributed by atoms with van der Waals surface area (Å²) in [6.45, 7) is 3.86. The van der Waals surface area contributed by atoms with Crippen molar-refractivity contribution < 1.29 is 18.9 Å². The lowest BCUT2D eigenvalue weighted by Gasteiger charge is -2.14. The Labute approximate surface area is 157 Å². The second-order valence-electron chi connectivity index (χ2n) is 5.78. The standard InChI is InChI=1S/C21H21NO5/c1-6-12-10-17(25-3)18(26-4)11-14(12)15-9-13-7-8-16(24-2)20(27-5)19(13)21(23)22-15/h6-11H,1H2,2-5H3,(H,22,23). The summed E-state index contributed by atoms with van der Waals surface area (Å²) < 4.78 is 21.4. The number of aromatic amines is 1. The average Bonchev–Trinajstić information content (AvgIpc) is 2.71. The molecular formula is C21H21NO5. The molecular weight excluding hydrogens is 346 g/mol. The van der Waals surface area contributed by atoms with Crippen LogP contribution in [-0.2, 0) is 0 Å². The monoisotopic (exact) mass is 367 g/mol. The molecule has 27 heavy (non-hydrogen) atoms. The van der Waals surface area contributed by atoms with Crippen LogP contribution in [-0.4, -0.2) is 33.4 Å². The molecule has 0 fully saturated rings. The molecule has 0 aliphatic rings. The van der Waals surface area contributed by atoms with Crippen LogP contribution in [0.2, 0.25) is 0 Å².